The van der Waals surface area contributed by atoms with E-state index < -0.39 is 30.4 Å². The lowest BCUT2D eigenvalue weighted by Crippen LogP contribution is -2.50. The number of ether oxygens (including phenoxy) is 1. The van der Waals surface area contributed by atoms with Gasteiger partial charge in [-0.05, 0) is 12.5 Å². The molecule has 0 unspecified atom stereocenters. The molecule has 0 bridgehead atoms. The summed E-state index contributed by atoms with van der Waals surface area (Å²) in [5.41, 5.74) is -0.0419. The van der Waals surface area contributed by atoms with E-state index in [4.69, 9.17) is 4.74 Å². The third-order valence-electron chi connectivity index (χ3n) is 2.55. The number of carbonyl (C=O) groups excluding carboxylic acids is 2. The maximum Gasteiger partial charge on any atom is 0.306 e. The summed E-state index contributed by atoms with van der Waals surface area (Å²) in [5.74, 6) is -0.562. The van der Waals surface area contributed by atoms with E-state index in [1.807, 2.05) is 0 Å². The summed E-state index contributed by atoms with van der Waals surface area (Å²) in [7, 11) is 0. The largest absolute Gasteiger partial charge is 0.454 e. The average Bonchev–Trinajstić information content (AvgIpc) is 2.30. The van der Waals surface area contributed by atoms with Crippen molar-refractivity contribution >= 4 is 12.3 Å². The normalized spacial score (nSPS) is 32.8. The second kappa shape index (κ2) is 5.90. The lowest BCUT2D eigenvalue weighted by atomic mass is 9.90. The van der Waals surface area contributed by atoms with E-state index in [9.17, 15) is 24.9 Å². The summed E-state index contributed by atoms with van der Waals surface area (Å²) >= 11 is 0. The van der Waals surface area contributed by atoms with Crippen LogP contribution in [0, 0.1) is 0 Å². The summed E-state index contributed by atoms with van der Waals surface area (Å²) < 4.78 is 4.91. The predicted molar refractivity (Wildman–Crippen MR) is 57.0 cm³/mol. The minimum Gasteiger partial charge on any atom is -0.454 e. The molecule has 0 heterocycles. The fraction of sp³-hybridized carbons (Fsp3) is 0.636. The first kappa shape index (κ1) is 13.8. The molecule has 0 spiro atoms. The molecule has 0 saturated carbocycles. The summed E-state index contributed by atoms with van der Waals surface area (Å²) in [6.45, 7) is 1.79. The molecule has 0 amide bonds. The van der Waals surface area contributed by atoms with Crippen molar-refractivity contribution < 1.29 is 29.6 Å². The van der Waals surface area contributed by atoms with Crippen molar-refractivity contribution in [3.8, 4) is 0 Å². The zero-order chi connectivity index (χ0) is 13.0. The second-order valence-electron chi connectivity index (χ2n) is 3.92. The summed E-state index contributed by atoms with van der Waals surface area (Å²) in [6.07, 6.45) is -3.33. The third-order valence-corrected chi connectivity index (χ3v) is 2.55. The van der Waals surface area contributed by atoms with Crippen LogP contribution in [-0.2, 0) is 14.3 Å². The van der Waals surface area contributed by atoms with Crippen molar-refractivity contribution in [1.82, 2.24) is 0 Å². The number of hydrogen-bond acceptors (Lipinski definition) is 6. The highest BCUT2D eigenvalue weighted by Gasteiger charge is 2.39. The highest BCUT2D eigenvalue weighted by Crippen LogP contribution is 2.22. The monoisotopic (exact) mass is 244 g/mol. The van der Waals surface area contributed by atoms with Crippen molar-refractivity contribution in [3.05, 3.63) is 11.6 Å². The van der Waals surface area contributed by atoms with Gasteiger partial charge in [0.05, 0.1) is 0 Å². The second-order valence-corrected chi connectivity index (χ2v) is 3.92. The van der Waals surface area contributed by atoms with Crippen LogP contribution in [0.5, 0.6) is 0 Å². The molecule has 1 aliphatic carbocycles. The van der Waals surface area contributed by atoms with E-state index in [1.165, 1.54) is 0 Å². The topological polar surface area (TPSA) is 104 Å². The van der Waals surface area contributed by atoms with Gasteiger partial charge in [0.1, 0.15) is 24.6 Å². The molecule has 0 radical (unpaired) electrons. The molecular formula is C11H16O6. The maximum absolute atomic E-state index is 11.3. The molecule has 96 valence electrons. The van der Waals surface area contributed by atoms with Gasteiger partial charge in [0, 0.05) is 12.0 Å². The van der Waals surface area contributed by atoms with Gasteiger partial charge in [-0.25, -0.2) is 0 Å². The van der Waals surface area contributed by atoms with Gasteiger partial charge in [0.2, 0.25) is 0 Å². The van der Waals surface area contributed by atoms with Gasteiger partial charge in [0.15, 0.2) is 6.10 Å². The average molecular weight is 244 g/mol. The van der Waals surface area contributed by atoms with Crippen LogP contribution in [0.2, 0.25) is 0 Å². The number of aldehydes is 1. The van der Waals surface area contributed by atoms with Gasteiger partial charge in [-0.2, -0.15) is 0 Å². The number of aliphatic hydroxyl groups is 3. The zero-order valence-electron chi connectivity index (χ0n) is 9.44. The maximum atomic E-state index is 11.3. The Hall–Kier alpha value is -1.24. The number of aliphatic hydroxyl groups excluding tert-OH is 3. The quantitative estimate of drug-likeness (QED) is 0.429. The summed E-state index contributed by atoms with van der Waals surface area (Å²) in [6, 6.07) is 0. The number of hydrogen-bond donors (Lipinski definition) is 3. The fourth-order valence-electron chi connectivity index (χ4n) is 1.62. The minimum absolute atomic E-state index is 0.0419. The molecule has 0 aromatic heterocycles. The molecule has 3 N–H and O–H groups in total. The highest BCUT2D eigenvalue weighted by atomic mass is 16.6. The molecule has 0 aromatic rings. The van der Waals surface area contributed by atoms with Gasteiger partial charge < -0.3 is 20.1 Å². The standard InChI is InChI=1S/C11H16O6/c1-2-3-8(14)17-11-6(5-12)4-7(13)9(15)10(11)16/h4-5,7,9-11,13,15-16H,2-3H2,1H3/t7-,9-,10-,11-/m0/s1. The van der Waals surface area contributed by atoms with Crippen molar-refractivity contribution in [2.45, 2.75) is 44.2 Å². The molecule has 6 heteroatoms. The Kier molecular flexibility index (Phi) is 4.80. The molecule has 0 aliphatic heterocycles. The third kappa shape index (κ3) is 3.12. The van der Waals surface area contributed by atoms with Gasteiger partial charge in [-0.1, -0.05) is 6.92 Å². The Bertz CT molecular complexity index is 324. The van der Waals surface area contributed by atoms with E-state index in [2.05, 4.69) is 0 Å². The number of esters is 1. The molecular weight excluding hydrogens is 228 g/mol. The van der Waals surface area contributed by atoms with Crippen molar-refractivity contribution in [1.29, 1.82) is 0 Å². The van der Waals surface area contributed by atoms with Crippen molar-refractivity contribution in [3.63, 3.8) is 0 Å². The lowest BCUT2D eigenvalue weighted by Gasteiger charge is -2.32. The van der Waals surface area contributed by atoms with E-state index in [0.717, 1.165) is 6.08 Å². The Balaban J connectivity index is 2.83. The molecule has 6 nitrogen and oxygen atoms in total. The first-order valence-corrected chi connectivity index (χ1v) is 5.41. The van der Waals surface area contributed by atoms with Crippen LogP contribution in [0.15, 0.2) is 11.6 Å². The van der Waals surface area contributed by atoms with E-state index in [0.29, 0.717) is 12.7 Å². The lowest BCUT2D eigenvalue weighted by molar-refractivity contribution is -0.161. The molecule has 0 aromatic carbocycles. The van der Waals surface area contributed by atoms with Gasteiger partial charge in [-0.3, -0.25) is 9.59 Å². The van der Waals surface area contributed by atoms with Crippen molar-refractivity contribution in [2.24, 2.45) is 0 Å². The number of rotatable bonds is 4. The van der Waals surface area contributed by atoms with Crippen LogP contribution in [-0.4, -0.2) is 52.0 Å². The van der Waals surface area contributed by atoms with Crippen LogP contribution < -0.4 is 0 Å². The smallest absolute Gasteiger partial charge is 0.306 e. The van der Waals surface area contributed by atoms with Gasteiger partial charge >= 0.3 is 5.97 Å². The van der Waals surface area contributed by atoms with Crippen LogP contribution in [0.1, 0.15) is 19.8 Å². The molecule has 1 aliphatic rings. The molecule has 0 saturated heterocycles. The predicted octanol–water partition coefficient (Wildman–Crippen LogP) is -1.08. The van der Waals surface area contributed by atoms with Gasteiger partial charge in [0.25, 0.3) is 0 Å². The van der Waals surface area contributed by atoms with Gasteiger partial charge in [-0.15, -0.1) is 0 Å². The van der Waals surface area contributed by atoms with Crippen LogP contribution in [0.3, 0.4) is 0 Å². The van der Waals surface area contributed by atoms with E-state index in [-0.39, 0.29) is 12.0 Å². The van der Waals surface area contributed by atoms with E-state index in [1.54, 1.807) is 6.92 Å². The Labute approximate surface area is 98.5 Å². The molecule has 17 heavy (non-hydrogen) atoms. The van der Waals surface area contributed by atoms with Crippen LogP contribution in [0.25, 0.3) is 0 Å². The first-order chi connectivity index (χ1) is 8.01. The fourth-order valence-corrected chi connectivity index (χ4v) is 1.62. The first-order valence-electron chi connectivity index (χ1n) is 5.41. The summed E-state index contributed by atoms with van der Waals surface area (Å²) in [4.78, 5) is 22.0. The van der Waals surface area contributed by atoms with E-state index >= 15 is 0 Å². The molecule has 4 atom stereocenters. The van der Waals surface area contributed by atoms with Crippen molar-refractivity contribution in [2.75, 3.05) is 0 Å². The van der Waals surface area contributed by atoms with Crippen LogP contribution in [0.4, 0.5) is 0 Å². The Morgan fingerprint density at radius 2 is 2.06 bits per heavy atom. The zero-order valence-corrected chi connectivity index (χ0v) is 9.44. The molecule has 1 rings (SSSR count). The Morgan fingerprint density at radius 1 is 1.41 bits per heavy atom. The molecule has 0 fully saturated rings. The summed E-state index contributed by atoms with van der Waals surface area (Å²) in [5, 5.41) is 28.4. The Morgan fingerprint density at radius 3 is 2.59 bits per heavy atom. The van der Waals surface area contributed by atoms with Crippen LogP contribution >= 0.6 is 0 Å². The highest BCUT2D eigenvalue weighted by molar-refractivity contribution is 5.78. The minimum atomic E-state index is -1.50. The SMILES string of the molecule is CCCC(=O)O[C@H]1C(C=O)=C[C@H](O)[C@H](O)[C@@H]1O. The number of carbonyl (C=O) groups is 2.